The highest BCUT2D eigenvalue weighted by atomic mass is 35.5. The molecule has 8 heteroatoms. The molecule has 0 aliphatic rings. The first kappa shape index (κ1) is 21.4. The highest BCUT2D eigenvalue weighted by Gasteiger charge is 2.12. The van der Waals surface area contributed by atoms with Gasteiger partial charge in [-0.15, -0.1) is 0 Å². The summed E-state index contributed by atoms with van der Waals surface area (Å²) in [4.78, 5) is 23.9. The minimum absolute atomic E-state index is 0.498. The van der Waals surface area contributed by atoms with Crippen LogP contribution in [-0.2, 0) is 9.59 Å². The fourth-order valence-electron chi connectivity index (χ4n) is 2.55. The Labute approximate surface area is 183 Å². The van der Waals surface area contributed by atoms with Gasteiger partial charge < -0.3 is 10.6 Å². The molecule has 0 radical (unpaired) electrons. The second-order valence-electron chi connectivity index (χ2n) is 6.34. The summed E-state index contributed by atoms with van der Waals surface area (Å²) < 4.78 is 0. The Balaban J connectivity index is 1.70. The number of hydrazone groups is 1. The van der Waals surface area contributed by atoms with Crippen molar-refractivity contribution in [3.63, 3.8) is 0 Å². The molecule has 0 aromatic heterocycles. The third kappa shape index (κ3) is 5.83. The SMILES string of the molecule is Cc1ccc(Cl)cc1Nc1ccc(Cl)cc1/C=N\NC(=O)C(=O)Nc1ccccc1. The molecule has 0 heterocycles. The predicted molar refractivity (Wildman–Crippen MR) is 122 cm³/mol. The van der Waals surface area contributed by atoms with Crippen molar-refractivity contribution in [2.75, 3.05) is 10.6 Å². The number of hydrogen-bond donors (Lipinski definition) is 3. The molecule has 3 N–H and O–H groups in total. The van der Waals surface area contributed by atoms with Gasteiger partial charge in [0.1, 0.15) is 0 Å². The summed E-state index contributed by atoms with van der Waals surface area (Å²) in [7, 11) is 0. The average Bonchev–Trinajstić information content (AvgIpc) is 2.73. The molecule has 3 rings (SSSR count). The molecule has 3 aromatic carbocycles. The number of carbonyl (C=O) groups excluding carboxylic acids is 2. The molecule has 0 atom stereocenters. The zero-order valence-corrected chi connectivity index (χ0v) is 17.5. The van der Waals surface area contributed by atoms with E-state index in [1.807, 2.05) is 31.2 Å². The van der Waals surface area contributed by atoms with Gasteiger partial charge in [0.25, 0.3) is 0 Å². The molecule has 152 valence electrons. The fourth-order valence-corrected chi connectivity index (χ4v) is 2.90. The van der Waals surface area contributed by atoms with Crippen LogP contribution >= 0.6 is 23.2 Å². The molecule has 0 saturated heterocycles. The van der Waals surface area contributed by atoms with E-state index in [1.54, 1.807) is 42.5 Å². The lowest BCUT2D eigenvalue weighted by Gasteiger charge is -2.12. The van der Waals surface area contributed by atoms with Crippen molar-refractivity contribution in [3.05, 3.63) is 87.9 Å². The Morgan fingerprint density at radius 3 is 2.33 bits per heavy atom. The van der Waals surface area contributed by atoms with Crippen molar-refractivity contribution in [1.82, 2.24) is 5.43 Å². The Morgan fingerprint density at radius 2 is 1.57 bits per heavy atom. The summed E-state index contributed by atoms with van der Waals surface area (Å²) in [5.74, 6) is -1.71. The lowest BCUT2D eigenvalue weighted by atomic mass is 10.1. The maximum atomic E-state index is 12.0. The van der Waals surface area contributed by atoms with E-state index in [0.29, 0.717) is 27.0 Å². The predicted octanol–water partition coefficient (Wildman–Crippen LogP) is 5.13. The second-order valence-corrected chi connectivity index (χ2v) is 7.21. The molecule has 0 aliphatic heterocycles. The van der Waals surface area contributed by atoms with E-state index in [1.165, 1.54) is 6.21 Å². The number of benzene rings is 3. The molecule has 2 amide bonds. The second kappa shape index (κ2) is 9.91. The molecule has 30 heavy (non-hydrogen) atoms. The van der Waals surface area contributed by atoms with Crippen LogP contribution in [-0.4, -0.2) is 18.0 Å². The van der Waals surface area contributed by atoms with Gasteiger partial charge in [-0.1, -0.05) is 47.5 Å². The topological polar surface area (TPSA) is 82.6 Å². The van der Waals surface area contributed by atoms with Crippen molar-refractivity contribution >= 4 is 58.3 Å². The van der Waals surface area contributed by atoms with Crippen LogP contribution < -0.4 is 16.1 Å². The van der Waals surface area contributed by atoms with E-state index in [4.69, 9.17) is 23.2 Å². The van der Waals surface area contributed by atoms with Gasteiger partial charge >= 0.3 is 11.8 Å². The quantitative estimate of drug-likeness (QED) is 0.292. The normalized spacial score (nSPS) is 10.6. The van der Waals surface area contributed by atoms with E-state index in [2.05, 4.69) is 21.2 Å². The first-order valence-corrected chi connectivity index (χ1v) is 9.70. The van der Waals surface area contributed by atoms with E-state index in [9.17, 15) is 9.59 Å². The zero-order valence-electron chi connectivity index (χ0n) is 15.9. The summed E-state index contributed by atoms with van der Waals surface area (Å²) in [6.07, 6.45) is 1.40. The van der Waals surface area contributed by atoms with Crippen molar-refractivity contribution in [1.29, 1.82) is 0 Å². The third-order valence-corrected chi connectivity index (χ3v) is 4.56. The molecule has 6 nitrogen and oxygen atoms in total. The van der Waals surface area contributed by atoms with E-state index in [-0.39, 0.29) is 0 Å². The highest BCUT2D eigenvalue weighted by molar-refractivity contribution is 6.39. The number of amides is 2. The van der Waals surface area contributed by atoms with Crippen LogP contribution in [0.25, 0.3) is 0 Å². The number of anilines is 3. The largest absolute Gasteiger partial charge is 0.355 e. The third-order valence-electron chi connectivity index (χ3n) is 4.09. The van der Waals surface area contributed by atoms with Crippen LogP contribution in [0.1, 0.15) is 11.1 Å². The summed E-state index contributed by atoms with van der Waals surface area (Å²) in [5, 5.41) is 10.7. The number of hydrogen-bond acceptors (Lipinski definition) is 4. The standard InChI is InChI=1S/C22H18Cl2N4O2/c1-14-7-8-17(24)12-20(14)27-19-10-9-16(23)11-15(19)13-25-28-22(30)21(29)26-18-5-3-2-4-6-18/h2-13,27H,1H3,(H,26,29)(H,28,30)/b25-13-. The Morgan fingerprint density at radius 1 is 0.867 bits per heavy atom. The Kier molecular flexibility index (Phi) is 7.06. The van der Waals surface area contributed by atoms with Crippen LogP contribution in [0, 0.1) is 6.92 Å². The lowest BCUT2D eigenvalue weighted by molar-refractivity contribution is -0.136. The number of rotatable bonds is 5. The number of para-hydroxylation sites is 1. The molecule has 0 bridgehead atoms. The van der Waals surface area contributed by atoms with E-state index >= 15 is 0 Å². The van der Waals surface area contributed by atoms with Gasteiger partial charge in [0.15, 0.2) is 0 Å². The molecule has 3 aromatic rings. The molecule has 0 aliphatic carbocycles. The number of nitrogens with one attached hydrogen (secondary N) is 3. The van der Waals surface area contributed by atoms with Gasteiger partial charge in [-0.25, -0.2) is 5.43 Å². The van der Waals surface area contributed by atoms with Crippen molar-refractivity contribution in [3.8, 4) is 0 Å². The highest BCUT2D eigenvalue weighted by Crippen LogP contribution is 2.27. The zero-order chi connectivity index (χ0) is 21.5. The number of aryl methyl sites for hydroxylation is 1. The lowest BCUT2D eigenvalue weighted by Crippen LogP contribution is -2.32. The minimum atomic E-state index is -0.891. The number of halogens is 2. The summed E-state index contributed by atoms with van der Waals surface area (Å²) in [6, 6.07) is 19.4. The molecule has 0 fully saturated rings. The number of nitrogens with zero attached hydrogens (tertiary/aromatic N) is 1. The molecule has 0 spiro atoms. The van der Waals surface area contributed by atoms with Gasteiger partial charge in [-0.2, -0.15) is 5.10 Å². The van der Waals surface area contributed by atoms with E-state index in [0.717, 1.165) is 11.3 Å². The van der Waals surface area contributed by atoms with E-state index < -0.39 is 11.8 Å². The maximum Gasteiger partial charge on any atom is 0.329 e. The molecular weight excluding hydrogens is 423 g/mol. The van der Waals surface area contributed by atoms with Crippen molar-refractivity contribution < 1.29 is 9.59 Å². The summed E-state index contributed by atoms with van der Waals surface area (Å²) >= 11 is 12.2. The first-order chi connectivity index (χ1) is 14.4. The average molecular weight is 441 g/mol. The smallest absolute Gasteiger partial charge is 0.329 e. The Hall–Kier alpha value is -3.35. The van der Waals surface area contributed by atoms with Crippen LogP contribution in [0.3, 0.4) is 0 Å². The minimum Gasteiger partial charge on any atom is -0.355 e. The summed E-state index contributed by atoms with van der Waals surface area (Å²) in [5.41, 5.74) is 5.87. The van der Waals surface area contributed by atoms with Crippen molar-refractivity contribution in [2.45, 2.75) is 6.92 Å². The van der Waals surface area contributed by atoms with Crippen LogP contribution in [0.15, 0.2) is 71.8 Å². The van der Waals surface area contributed by atoms with Crippen LogP contribution in [0.4, 0.5) is 17.1 Å². The van der Waals surface area contributed by atoms with Crippen molar-refractivity contribution in [2.24, 2.45) is 5.10 Å². The van der Waals surface area contributed by atoms with Gasteiger partial charge in [0.05, 0.1) is 6.21 Å². The van der Waals surface area contributed by atoms with Crippen LogP contribution in [0.2, 0.25) is 10.0 Å². The maximum absolute atomic E-state index is 12.0. The Bertz CT molecular complexity index is 1100. The van der Waals surface area contributed by atoms with Gasteiger partial charge in [0, 0.05) is 32.7 Å². The molecule has 0 unspecified atom stereocenters. The van der Waals surface area contributed by atoms with Crippen LogP contribution in [0.5, 0.6) is 0 Å². The van der Waals surface area contributed by atoms with Gasteiger partial charge in [-0.3, -0.25) is 9.59 Å². The first-order valence-electron chi connectivity index (χ1n) is 8.94. The monoisotopic (exact) mass is 440 g/mol. The fraction of sp³-hybridized carbons (Fsp3) is 0.0455. The van der Waals surface area contributed by atoms with Gasteiger partial charge in [0.2, 0.25) is 0 Å². The van der Waals surface area contributed by atoms with Gasteiger partial charge in [-0.05, 0) is 55.0 Å². The number of carbonyl (C=O) groups is 2. The molecule has 0 saturated carbocycles. The molecular formula is C22H18Cl2N4O2. The summed E-state index contributed by atoms with van der Waals surface area (Å²) in [6.45, 7) is 1.95.